The minimum Gasteiger partial charge on any atom is -0.398 e. The number of nitrogens with one attached hydrogen (secondary N) is 1. The molecule has 0 aliphatic rings. The summed E-state index contributed by atoms with van der Waals surface area (Å²) in [6.07, 6.45) is 0.840. The van der Waals surface area contributed by atoms with E-state index in [2.05, 4.69) is 40.3 Å². The summed E-state index contributed by atoms with van der Waals surface area (Å²) in [5.41, 5.74) is 7.97. The highest BCUT2D eigenvalue weighted by Crippen LogP contribution is 2.23. The lowest BCUT2D eigenvalue weighted by Gasteiger charge is -2.15. The van der Waals surface area contributed by atoms with Gasteiger partial charge in [0.1, 0.15) is 0 Å². The largest absolute Gasteiger partial charge is 0.398 e. The molecule has 1 amide bonds. The van der Waals surface area contributed by atoms with Crippen LogP contribution >= 0.6 is 27.3 Å². The summed E-state index contributed by atoms with van der Waals surface area (Å²) >= 11 is 5.15. The molecule has 112 valence electrons. The molecule has 0 saturated carbocycles. The van der Waals surface area contributed by atoms with Crippen molar-refractivity contribution in [2.45, 2.75) is 33.2 Å². The third-order valence-electron chi connectivity index (χ3n) is 3.34. The van der Waals surface area contributed by atoms with E-state index in [9.17, 15) is 4.79 Å². The predicted molar refractivity (Wildman–Crippen MR) is 93.0 cm³/mol. The molecule has 5 heteroatoms. The number of benzene rings is 1. The first kappa shape index (κ1) is 16.0. The third-order valence-corrected chi connectivity index (χ3v) is 4.82. The zero-order chi connectivity index (χ0) is 15.6. The van der Waals surface area contributed by atoms with Gasteiger partial charge in [-0.2, -0.15) is 0 Å². The molecule has 1 unspecified atom stereocenters. The number of carbonyl (C=O) groups excluding carboxylic acids is 1. The van der Waals surface area contributed by atoms with Crippen LogP contribution in [0, 0.1) is 13.8 Å². The third kappa shape index (κ3) is 4.08. The fourth-order valence-corrected chi connectivity index (χ4v) is 3.68. The Labute approximate surface area is 137 Å². The molecule has 1 aromatic carbocycles. The van der Waals surface area contributed by atoms with Gasteiger partial charge in [0.05, 0.1) is 0 Å². The van der Waals surface area contributed by atoms with E-state index in [0.29, 0.717) is 11.3 Å². The highest BCUT2D eigenvalue weighted by Gasteiger charge is 2.15. The quantitative estimate of drug-likeness (QED) is 0.801. The van der Waals surface area contributed by atoms with Gasteiger partial charge in [-0.3, -0.25) is 4.79 Å². The molecule has 21 heavy (non-hydrogen) atoms. The van der Waals surface area contributed by atoms with Gasteiger partial charge in [-0.05, 0) is 50.6 Å². The van der Waals surface area contributed by atoms with Gasteiger partial charge >= 0.3 is 0 Å². The van der Waals surface area contributed by atoms with Crippen LogP contribution in [0.4, 0.5) is 5.69 Å². The molecule has 0 saturated heterocycles. The van der Waals surface area contributed by atoms with Gasteiger partial charge in [-0.25, -0.2) is 0 Å². The molecule has 1 aromatic heterocycles. The van der Waals surface area contributed by atoms with Crippen LogP contribution in [0.15, 0.2) is 28.7 Å². The van der Waals surface area contributed by atoms with Gasteiger partial charge in [-0.1, -0.05) is 15.9 Å². The summed E-state index contributed by atoms with van der Waals surface area (Å²) in [4.78, 5) is 15.0. The Morgan fingerprint density at radius 2 is 2.10 bits per heavy atom. The molecule has 3 nitrogen and oxygen atoms in total. The normalized spacial score (nSPS) is 12.2. The van der Waals surface area contributed by atoms with Crippen molar-refractivity contribution in [2.24, 2.45) is 0 Å². The molecule has 0 aliphatic heterocycles. The summed E-state index contributed by atoms with van der Waals surface area (Å²) in [7, 11) is 0. The number of halogens is 1. The second-order valence-electron chi connectivity index (χ2n) is 5.26. The van der Waals surface area contributed by atoms with E-state index in [1.807, 2.05) is 26.0 Å². The molecule has 3 N–H and O–H groups in total. The van der Waals surface area contributed by atoms with E-state index >= 15 is 0 Å². The maximum atomic E-state index is 12.4. The van der Waals surface area contributed by atoms with Crippen LogP contribution in [0.2, 0.25) is 0 Å². The number of carbonyl (C=O) groups is 1. The zero-order valence-corrected chi connectivity index (χ0v) is 14.8. The minimum atomic E-state index is -0.0821. The highest BCUT2D eigenvalue weighted by atomic mass is 79.9. The number of amides is 1. The molecule has 0 bridgehead atoms. The van der Waals surface area contributed by atoms with Crippen molar-refractivity contribution in [2.75, 3.05) is 5.73 Å². The number of thiophene rings is 1. The topological polar surface area (TPSA) is 55.1 Å². The average Bonchev–Trinajstić information content (AvgIpc) is 2.78. The van der Waals surface area contributed by atoms with Crippen LogP contribution in [-0.4, -0.2) is 11.9 Å². The fraction of sp³-hybridized carbons (Fsp3) is 0.312. The standard InChI is InChI=1S/C16H19BrN2OS/c1-9(6-13-5-4-10(2)21-13)19-16(20)14-7-12(17)8-15(18)11(14)3/h4-5,7-9H,6,18H2,1-3H3,(H,19,20). The summed E-state index contributed by atoms with van der Waals surface area (Å²) in [5.74, 6) is -0.0821. The second kappa shape index (κ2) is 6.62. The molecule has 0 spiro atoms. The first-order valence-electron chi connectivity index (χ1n) is 6.78. The average molecular weight is 367 g/mol. The number of anilines is 1. The Morgan fingerprint density at radius 3 is 2.71 bits per heavy atom. The van der Waals surface area contributed by atoms with Gasteiger partial charge in [0.25, 0.3) is 5.91 Å². The Balaban J connectivity index is 2.07. The van der Waals surface area contributed by atoms with Crippen molar-refractivity contribution >= 4 is 38.9 Å². The summed E-state index contributed by atoms with van der Waals surface area (Å²) in [6, 6.07) is 7.92. The van der Waals surface area contributed by atoms with Crippen molar-refractivity contribution in [1.29, 1.82) is 0 Å². The first-order chi connectivity index (χ1) is 9.86. The van der Waals surface area contributed by atoms with Crippen molar-refractivity contribution < 1.29 is 4.79 Å². The highest BCUT2D eigenvalue weighted by molar-refractivity contribution is 9.10. The van der Waals surface area contributed by atoms with Gasteiger partial charge in [0, 0.05) is 37.9 Å². The minimum absolute atomic E-state index is 0.0788. The van der Waals surface area contributed by atoms with E-state index < -0.39 is 0 Å². The Bertz CT molecular complexity index is 666. The zero-order valence-electron chi connectivity index (χ0n) is 12.4. The molecule has 0 aliphatic carbocycles. The van der Waals surface area contributed by atoms with Gasteiger partial charge in [0.15, 0.2) is 0 Å². The molecule has 0 fully saturated rings. The van der Waals surface area contributed by atoms with Gasteiger partial charge < -0.3 is 11.1 Å². The number of nitrogens with two attached hydrogens (primary N) is 1. The van der Waals surface area contributed by atoms with E-state index in [-0.39, 0.29) is 11.9 Å². The lowest BCUT2D eigenvalue weighted by atomic mass is 10.1. The van der Waals surface area contributed by atoms with Crippen LogP contribution in [0.25, 0.3) is 0 Å². The smallest absolute Gasteiger partial charge is 0.251 e. The summed E-state index contributed by atoms with van der Waals surface area (Å²) < 4.78 is 0.817. The number of hydrogen-bond acceptors (Lipinski definition) is 3. The first-order valence-corrected chi connectivity index (χ1v) is 8.39. The van der Waals surface area contributed by atoms with E-state index in [0.717, 1.165) is 16.5 Å². The lowest BCUT2D eigenvalue weighted by molar-refractivity contribution is 0.0939. The molecular weight excluding hydrogens is 348 g/mol. The van der Waals surface area contributed by atoms with Gasteiger partial charge in [-0.15, -0.1) is 11.3 Å². The number of hydrogen-bond donors (Lipinski definition) is 2. The Kier molecular flexibility index (Phi) is 5.06. The number of rotatable bonds is 4. The SMILES string of the molecule is Cc1ccc(CC(C)NC(=O)c2cc(Br)cc(N)c2C)s1. The van der Waals surface area contributed by atoms with Crippen LogP contribution < -0.4 is 11.1 Å². The lowest BCUT2D eigenvalue weighted by Crippen LogP contribution is -2.34. The fourth-order valence-electron chi connectivity index (χ4n) is 2.19. The molecule has 1 atom stereocenters. The Morgan fingerprint density at radius 1 is 1.38 bits per heavy atom. The van der Waals surface area contributed by atoms with E-state index in [1.165, 1.54) is 9.75 Å². The van der Waals surface area contributed by atoms with E-state index in [4.69, 9.17) is 5.73 Å². The van der Waals surface area contributed by atoms with Crippen molar-refractivity contribution in [1.82, 2.24) is 5.32 Å². The van der Waals surface area contributed by atoms with Gasteiger partial charge in [0.2, 0.25) is 0 Å². The van der Waals surface area contributed by atoms with Crippen LogP contribution in [0.3, 0.4) is 0 Å². The van der Waals surface area contributed by atoms with Crippen molar-refractivity contribution in [3.63, 3.8) is 0 Å². The van der Waals surface area contributed by atoms with Crippen LogP contribution in [0.5, 0.6) is 0 Å². The molecular formula is C16H19BrN2OS. The van der Waals surface area contributed by atoms with Crippen molar-refractivity contribution in [3.8, 4) is 0 Å². The summed E-state index contributed by atoms with van der Waals surface area (Å²) in [5, 5.41) is 3.04. The van der Waals surface area contributed by atoms with Crippen LogP contribution in [0.1, 0.15) is 32.6 Å². The molecule has 0 radical (unpaired) electrons. The number of nitrogen functional groups attached to an aromatic ring is 1. The summed E-state index contributed by atoms with van der Waals surface area (Å²) in [6.45, 7) is 5.97. The molecule has 2 aromatic rings. The van der Waals surface area contributed by atoms with E-state index in [1.54, 1.807) is 11.3 Å². The number of aryl methyl sites for hydroxylation is 1. The van der Waals surface area contributed by atoms with Crippen LogP contribution in [-0.2, 0) is 6.42 Å². The Hall–Kier alpha value is -1.33. The molecule has 2 rings (SSSR count). The predicted octanol–water partition coefficient (Wildman–Crippen LogP) is 4.07. The maximum Gasteiger partial charge on any atom is 0.251 e. The molecule has 1 heterocycles. The maximum absolute atomic E-state index is 12.4. The van der Waals surface area contributed by atoms with Crippen molar-refractivity contribution in [3.05, 3.63) is 49.6 Å². The second-order valence-corrected chi connectivity index (χ2v) is 7.55. The monoisotopic (exact) mass is 366 g/mol.